The fourth-order valence-corrected chi connectivity index (χ4v) is 1.96. The lowest BCUT2D eigenvalue weighted by molar-refractivity contribution is 0.132. The van der Waals surface area contributed by atoms with E-state index in [-0.39, 0.29) is 0 Å². The van der Waals surface area contributed by atoms with Crippen molar-refractivity contribution in [1.82, 2.24) is 0 Å². The van der Waals surface area contributed by atoms with Gasteiger partial charge in [-0.3, -0.25) is 0 Å². The smallest absolute Gasteiger partial charge is 0.142 e. The van der Waals surface area contributed by atoms with Crippen molar-refractivity contribution in [2.24, 2.45) is 5.16 Å². The van der Waals surface area contributed by atoms with Crippen LogP contribution >= 0.6 is 15.9 Å². The molecule has 0 spiro atoms. The maximum Gasteiger partial charge on any atom is 0.142 e. The second-order valence-corrected chi connectivity index (χ2v) is 4.92. The molecule has 0 aliphatic heterocycles. The van der Waals surface area contributed by atoms with E-state index < -0.39 is 0 Å². The van der Waals surface area contributed by atoms with Crippen LogP contribution in [0.15, 0.2) is 64.7 Å². The van der Waals surface area contributed by atoms with E-state index in [4.69, 9.17) is 4.84 Å². The second kappa shape index (κ2) is 6.90. The SMILES string of the molecule is C=Cc1ccc(CON=Cc2cccc(Br)c2)cc1. The average Bonchev–Trinajstić information content (AvgIpc) is 2.44. The van der Waals surface area contributed by atoms with Crippen molar-refractivity contribution in [2.75, 3.05) is 0 Å². The Labute approximate surface area is 121 Å². The molecule has 2 nitrogen and oxygen atoms in total. The first-order chi connectivity index (χ1) is 9.28. The Hall–Kier alpha value is -1.87. The van der Waals surface area contributed by atoms with E-state index in [0.29, 0.717) is 6.61 Å². The third kappa shape index (κ3) is 4.38. The summed E-state index contributed by atoms with van der Waals surface area (Å²) in [7, 11) is 0. The fraction of sp³-hybridized carbons (Fsp3) is 0.0625. The van der Waals surface area contributed by atoms with Crippen molar-refractivity contribution in [3.63, 3.8) is 0 Å². The summed E-state index contributed by atoms with van der Waals surface area (Å²) < 4.78 is 1.02. The predicted molar refractivity (Wildman–Crippen MR) is 83.1 cm³/mol. The summed E-state index contributed by atoms with van der Waals surface area (Å²) in [4.78, 5) is 5.27. The van der Waals surface area contributed by atoms with Gasteiger partial charge in [-0.15, -0.1) is 0 Å². The first kappa shape index (κ1) is 13.6. The summed E-state index contributed by atoms with van der Waals surface area (Å²) in [5.74, 6) is 0. The summed E-state index contributed by atoms with van der Waals surface area (Å²) in [6, 6.07) is 15.9. The molecule has 0 N–H and O–H groups in total. The minimum atomic E-state index is 0.460. The van der Waals surface area contributed by atoms with Crippen LogP contribution in [0.1, 0.15) is 16.7 Å². The fourth-order valence-electron chi connectivity index (χ4n) is 1.55. The number of hydrogen-bond acceptors (Lipinski definition) is 2. The van der Waals surface area contributed by atoms with Gasteiger partial charge in [0.2, 0.25) is 0 Å². The molecule has 19 heavy (non-hydrogen) atoms. The molecule has 0 atom stereocenters. The molecule has 0 radical (unpaired) electrons. The highest BCUT2D eigenvalue weighted by molar-refractivity contribution is 9.10. The topological polar surface area (TPSA) is 21.6 Å². The highest BCUT2D eigenvalue weighted by atomic mass is 79.9. The van der Waals surface area contributed by atoms with Crippen LogP contribution in [-0.4, -0.2) is 6.21 Å². The van der Waals surface area contributed by atoms with Crippen molar-refractivity contribution < 1.29 is 4.84 Å². The molecular formula is C16H14BrNO. The summed E-state index contributed by atoms with van der Waals surface area (Å²) in [5.41, 5.74) is 3.18. The van der Waals surface area contributed by atoms with E-state index in [1.807, 2.05) is 54.6 Å². The zero-order chi connectivity index (χ0) is 13.5. The maximum atomic E-state index is 5.27. The van der Waals surface area contributed by atoms with Crippen molar-refractivity contribution >= 4 is 28.2 Å². The van der Waals surface area contributed by atoms with Crippen molar-refractivity contribution in [2.45, 2.75) is 6.61 Å². The van der Waals surface area contributed by atoms with Gasteiger partial charge in [0.15, 0.2) is 0 Å². The van der Waals surface area contributed by atoms with Gasteiger partial charge in [-0.05, 0) is 28.8 Å². The van der Waals surface area contributed by atoms with Crippen LogP contribution in [0.4, 0.5) is 0 Å². The Balaban J connectivity index is 1.87. The van der Waals surface area contributed by atoms with Gasteiger partial charge in [-0.25, -0.2) is 0 Å². The Morgan fingerprint density at radius 1 is 1.11 bits per heavy atom. The Kier molecular flexibility index (Phi) is 4.93. The molecule has 2 aromatic rings. The van der Waals surface area contributed by atoms with E-state index in [2.05, 4.69) is 27.7 Å². The summed E-state index contributed by atoms with van der Waals surface area (Å²) >= 11 is 3.41. The van der Waals surface area contributed by atoms with E-state index >= 15 is 0 Å². The molecule has 0 heterocycles. The largest absolute Gasteiger partial charge is 0.391 e. The Morgan fingerprint density at radius 2 is 1.89 bits per heavy atom. The van der Waals surface area contributed by atoms with Gasteiger partial charge in [0.1, 0.15) is 6.61 Å². The predicted octanol–water partition coefficient (Wildman–Crippen LogP) is 4.64. The zero-order valence-corrected chi connectivity index (χ0v) is 12.0. The van der Waals surface area contributed by atoms with Crippen LogP contribution < -0.4 is 0 Å². The van der Waals surface area contributed by atoms with Gasteiger partial charge in [0.05, 0.1) is 6.21 Å². The number of hydrogen-bond donors (Lipinski definition) is 0. The van der Waals surface area contributed by atoms with E-state index in [0.717, 1.165) is 21.2 Å². The molecule has 2 rings (SSSR count). The van der Waals surface area contributed by atoms with Crippen molar-refractivity contribution in [3.05, 3.63) is 76.3 Å². The van der Waals surface area contributed by atoms with E-state index in [1.54, 1.807) is 6.21 Å². The lowest BCUT2D eigenvalue weighted by Crippen LogP contribution is -1.88. The van der Waals surface area contributed by atoms with Crippen LogP contribution in [-0.2, 0) is 11.4 Å². The Bertz CT molecular complexity index is 576. The van der Waals surface area contributed by atoms with Gasteiger partial charge in [-0.2, -0.15) is 0 Å². The standard InChI is InChI=1S/C16H14BrNO/c1-2-13-6-8-14(9-7-13)12-19-18-11-15-4-3-5-16(17)10-15/h2-11H,1,12H2. The second-order valence-electron chi connectivity index (χ2n) is 4.01. The van der Waals surface area contributed by atoms with Gasteiger partial charge in [0, 0.05) is 4.47 Å². The highest BCUT2D eigenvalue weighted by Gasteiger charge is 1.93. The third-order valence-corrected chi connectivity index (χ3v) is 3.06. The summed E-state index contributed by atoms with van der Waals surface area (Å²) in [6.45, 7) is 4.18. The number of halogens is 1. The molecule has 2 aromatic carbocycles. The van der Waals surface area contributed by atoms with Gasteiger partial charge in [0.25, 0.3) is 0 Å². The molecule has 0 aliphatic rings. The van der Waals surface area contributed by atoms with Gasteiger partial charge >= 0.3 is 0 Å². The zero-order valence-electron chi connectivity index (χ0n) is 10.4. The molecule has 96 valence electrons. The molecule has 3 heteroatoms. The third-order valence-electron chi connectivity index (χ3n) is 2.57. The number of rotatable bonds is 5. The first-order valence-electron chi connectivity index (χ1n) is 5.90. The molecule has 0 aromatic heterocycles. The molecule has 0 unspecified atom stereocenters. The van der Waals surface area contributed by atoms with E-state index in [9.17, 15) is 0 Å². The number of benzene rings is 2. The Morgan fingerprint density at radius 3 is 2.58 bits per heavy atom. The summed E-state index contributed by atoms with van der Waals surface area (Å²) in [5, 5.41) is 3.95. The molecular weight excluding hydrogens is 302 g/mol. The lowest BCUT2D eigenvalue weighted by atomic mass is 10.1. The van der Waals surface area contributed by atoms with Gasteiger partial charge in [-0.1, -0.05) is 70.1 Å². The maximum absolute atomic E-state index is 5.27. The van der Waals surface area contributed by atoms with E-state index in [1.165, 1.54) is 0 Å². The van der Waals surface area contributed by atoms with Crippen molar-refractivity contribution in [3.8, 4) is 0 Å². The van der Waals surface area contributed by atoms with Crippen LogP contribution in [0.3, 0.4) is 0 Å². The molecule has 0 saturated carbocycles. The van der Waals surface area contributed by atoms with Crippen LogP contribution in [0.2, 0.25) is 0 Å². The monoisotopic (exact) mass is 315 g/mol. The van der Waals surface area contributed by atoms with Crippen molar-refractivity contribution in [1.29, 1.82) is 0 Å². The van der Waals surface area contributed by atoms with Crippen LogP contribution in [0, 0.1) is 0 Å². The minimum Gasteiger partial charge on any atom is -0.391 e. The number of oxime groups is 1. The quantitative estimate of drug-likeness (QED) is 0.581. The van der Waals surface area contributed by atoms with Crippen LogP contribution in [0.25, 0.3) is 6.08 Å². The molecule has 0 saturated heterocycles. The normalized spacial score (nSPS) is 10.6. The van der Waals surface area contributed by atoms with Gasteiger partial charge < -0.3 is 4.84 Å². The molecule has 0 bridgehead atoms. The molecule has 0 fully saturated rings. The average molecular weight is 316 g/mol. The highest BCUT2D eigenvalue weighted by Crippen LogP contribution is 2.10. The molecule has 0 aliphatic carbocycles. The minimum absolute atomic E-state index is 0.460. The molecule has 0 amide bonds. The van der Waals surface area contributed by atoms with Crippen LogP contribution in [0.5, 0.6) is 0 Å². The number of nitrogens with zero attached hydrogens (tertiary/aromatic N) is 1. The first-order valence-corrected chi connectivity index (χ1v) is 6.69. The lowest BCUT2D eigenvalue weighted by Gasteiger charge is -2.00. The summed E-state index contributed by atoms with van der Waals surface area (Å²) in [6.07, 6.45) is 3.51.